The number of pyridine rings is 1. The fourth-order valence-electron chi connectivity index (χ4n) is 1.17. The summed E-state index contributed by atoms with van der Waals surface area (Å²) in [6.45, 7) is 0. The number of aryl methyl sites for hydroxylation is 1. The summed E-state index contributed by atoms with van der Waals surface area (Å²) in [6, 6.07) is 3.97. The van der Waals surface area contributed by atoms with Crippen LogP contribution in [0.5, 0.6) is 0 Å². The molecular formula is C11H14N2O. The summed E-state index contributed by atoms with van der Waals surface area (Å²) >= 11 is 0. The predicted octanol–water partition coefficient (Wildman–Crippen LogP) is 1.45. The molecule has 1 heterocycles. The molecule has 0 saturated carbocycles. The zero-order valence-corrected chi connectivity index (χ0v) is 8.02. The highest BCUT2D eigenvalue weighted by atomic mass is 16.1. The van der Waals surface area contributed by atoms with Gasteiger partial charge in [0, 0.05) is 12.4 Å². The number of primary amides is 1. The van der Waals surface area contributed by atoms with Gasteiger partial charge in [-0.1, -0.05) is 12.1 Å². The molecule has 1 amide bonds. The summed E-state index contributed by atoms with van der Waals surface area (Å²) < 4.78 is 0. The molecule has 2 N–H and O–H groups in total. The van der Waals surface area contributed by atoms with E-state index < -0.39 is 0 Å². The molecule has 0 atom stereocenters. The van der Waals surface area contributed by atoms with Crippen molar-refractivity contribution in [1.82, 2.24) is 4.98 Å². The van der Waals surface area contributed by atoms with E-state index in [1.807, 2.05) is 18.3 Å². The Labute approximate surface area is 83.7 Å². The summed E-state index contributed by atoms with van der Waals surface area (Å²) in [4.78, 5) is 14.4. The van der Waals surface area contributed by atoms with Crippen LogP contribution in [0.25, 0.3) is 0 Å². The summed E-state index contributed by atoms with van der Waals surface area (Å²) in [5, 5.41) is 0. The lowest BCUT2D eigenvalue weighted by molar-refractivity contribution is -0.113. The van der Waals surface area contributed by atoms with Crippen LogP contribution in [-0.4, -0.2) is 10.9 Å². The van der Waals surface area contributed by atoms with Crippen molar-refractivity contribution in [2.24, 2.45) is 5.73 Å². The Balaban J connectivity index is 2.19. The lowest BCUT2D eigenvalue weighted by Gasteiger charge is -1.96. The van der Waals surface area contributed by atoms with Crippen LogP contribution >= 0.6 is 0 Å². The van der Waals surface area contributed by atoms with Gasteiger partial charge in [0.2, 0.25) is 5.91 Å². The second-order valence-corrected chi connectivity index (χ2v) is 3.06. The molecule has 1 rings (SSSR count). The van der Waals surface area contributed by atoms with Gasteiger partial charge in [0.25, 0.3) is 0 Å². The Morgan fingerprint density at radius 3 is 3.07 bits per heavy atom. The van der Waals surface area contributed by atoms with Gasteiger partial charge in [-0.25, -0.2) is 0 Å². The first kappa shape index (κ1) is 10.4. The van der Waals surface area contributed by atoms with Gasteiger partial charge in [0.15, 0.2) is 0 Å². The smallest absolute Gasteiger partial charge is 0.241 e. The number of hydrogen-bond donors (Lipinski definition) is 1. The Hall–Kier alpha value is -1.64. The molecule has 74 valence electrons. The normalized spacial score (nSPS) is 10.6. The minimum Gasteiger partial charge on any atom is -0.366 e. The maximum atomic E-state index is 10.4. The van der Waals surface area contributed by atoms with Crippen LogP contribution in [0.1, 0.15) is 18.4 Å². The van der Waals surface area contributed by atoms with Gasteiger partial charge in [0.05, 0.1) is 0 Å². The van der Waals surface area contributed by atoms with Crippen molar-refractivity contribution in [1.29, 1.82) is 0 Å². The Bertz CT molecular complexity index is 306. The van der Waals surface area contributed by atoms with Gasteiger partial charge in [-0.15, -0.1) is 0 Å². The molecule has 1 aromatic rings. The van der Waals surface area contributed by atoms with Gasteiger partial charge < -0.3 is 5.73 Å². The molecule has 0 aliphatic carbocycles. The third-order valence-electron chi connectivity index (χ3n) is 1.84. The molecule has 0 unspecified atom stereocenters. The van der Waals surface area contributed by atoms with E-state index in [1.54, 1.807) is 12.3 Å². The van der Waals surface area contributed by atoms with E-state index in [9.17, 15) is 4.79 Å². The van der Waals surface area contributed by atoms with Gasteiger partial charge in [-0.2, -0.15) is 0 Å². The zero-order chi connectivity index (χ0) is 10.2. The van der Waals surface area contributed by atoms with Crippen molar-refractivity contribution in [3.05, 3.63) is 42.2 Å². The van der Waals surface area contributed by atoms with Gasteiger partial charge in [-0.3, -0.25) is 9.78 Å². The second kappa shape index (κ2) is 5.91. The van der Waals surface area contributed by atoms with Crippen LogP contribution in [0.15, 0.2) is 36.7 Å². The molecule has 0 bridgehead atoms. The zero-order valence-electron chi connectivity index (χ0n) is 8.02. The van der Waals surface area contributed by atoms with Crippen LogP contribution in [0, 0.1) is 0 Å². The molecule has 3 heteroatoms. The quantitative estimate of drug-likeness (QED) is 0.564. The molecule has 0 aliphatic heterocycles. The van der Waals surface area contributed by atoms with E-state index in [1.165, 1.54) is 11.6 Å². The standard InChI is InChI=1S/C11H14N2O/c12-11(14)7-3-1-2-5-10-6-4-8-13-9-10/h3-4,6-9H,1-2,5H2,(H2,12,14). The minimum absolute atomic E-state index is 0.383. The molecule has 0 saturated heterocycles. The Morgan fingerprint density at radius 1 is 1.57 bits per heavy atom. The minimum atomic E-state index is -0.383. The first-order valence-electron chi connectivity index (χ1n) is 4.64. The topological polar surface area (TPSA) is 56.0 Å². The van der Waals surface area contributed by atoms with Crippen molar-refractivity contribution in [3.63, 3.8) is 0 Å². The number of nitrogens with zero attached hydrogens (tertiary/aromatic N) is 1. The molecule has 0 spiro atoms. The Kier molecular flexibility index (Phi) is 4.41. The monoisotopic (exact) mass is 190 g/mol. The lowest BCUT2D eigenvalue weighted by Crippen LogP contribution is -2.05. The largest absolute Gasteiger partial charge is 0.366 e. The van der Waals surface area contributed by atoms with Crippen molar-refractivity contribution in [2.45, 2.75) is 19.3 Å². The summed E-state index contributed by atoms with van der Waals surface area (Å²) in [7, 11) is 0. The number of rotatable bonds is 5. The number of carbonyl (C=O) groups excluding carboxylic acids is 1. The summed E-state index contributed by atoms with van der Waals surface area (Å²) in [6.07, 6.45) is 9.69. The number of carbonyl (C=O) groups is 1. The van der Waals surface area contributed by atoms with E-state index in [0.717, 1.165) is 19.3 Å². The van der Waals surface area contributed by atoms with Crippen LogP contribution in [0.3, 0.4) is 0 Å². The molecule has 0 radical (unpaired) electrons. The average Bonchev–Trinajstić information content (AvgIpc) is 2.18. The summed E-state index contributed by atoms with van der Waals surface area (Å²) in [5.74, 6) is -0.383. The van der Waals surface area contributed by atoms with Crippen LogP contribution < -0.4 is 5.73 Å². The Morgan fingerprint density at radius 2 is 2.43 bits per heavy atom. The number of allylic oxidation sites excluding steroid dienone is 1. The van der Waals surface area contributed by atoms with Crippen LogP contribution in [-0.2, 0) is 11.2 Å². The first-order chi connectivity index (χ1) is 6.79. The summed E-state index contributed by atoms with van der Waals surface area (Å²) in [5.41, 5.74) is 6.17. The lowest BCUT2D eigenvalue weighted by atomic mass is 10.1. The number of unbranched alkanes of at least 4 members (excludes halogenated alkanes) is 1. The SMILES string of the molecule is NC(=O)C=CCCCc1cccnc1. The molecular weight excluding hydrogens is 176 g/mol. The third kappa shape index (κ3) is 4.40. The number of amides is 1. The fourth-order valence-corrected chi connectivity index (χ4v) is 1.17. The number of nitrogens with two attached hydrogens (primary N) is 1. The number of aromatic nitrogens is 1. The highest BCUT2D eigenvalue weighted by Crippen LogP contribution is 2.02. The second-order valence-electron chi connectivity index (χ2n) is 3.06. The molecule has 0 fully saturated rings. The van der Waals surface area contributed by atoms with Crippen molar-refractivity contribution >= 4 is 5.91 Å². The van der Waals surface area contributed by atoms with Gasteiger partial charge in [-0.05, 0) is 37.0 Å². The maximum absolute atomic E-state index is 10.4. The highest BCUT2D eigenvalue weighted by Gasteiger charge is 1.90. The molecule has 0 aliphatic rings. The van der Waals surface area contributed by atoms with Crippen LogP contribution in [0.2, 0.25) is 0 Å². The highest BCUT2D eigenvalue weighted by molar-refractivity contribution is 5.85. The predicted molar refractivity (Wildman–Crippen MR) is 55.5 cm³/mol. The van der Waals surface area contributed by atoms with E-state index in [4.69, 9.17) is 5.73 Å². The van der Waals surface area contributed by atoms with Crippen molar-refractivity contribution in [3.8, 4) is 0 Å². The average molecular weight is 190 g/mol. The number of hydrogen-bond acceptors (Lipinski definition) is 2. The molecule has 1 aromatic heterocycles. The van der Waals surface area contributed by atoms with E-state index in [-0.39, 0.29) is 5.91 Å². The fraction of sp³-hybridized carbons (Fsp3) is 0.273. The molecule has 0 aromatic carbocycles. The molecule has 14 heavy (non-hydrogen) atoms. The van der Waals surface area contributed by atoms with Gasteiger partial charge in [0.1, 0.15) is 0 Å². The first-order valence-corrected chi connectivity index (χ1v) is 4.64. The van der Waals surface area contributed by atoms with Crippen LogP contribution in [0.4, 0.5) is 0 Å². The van der Waals surface area contributed by atoms with Gasteiger partial charge >= 0.3 is 0 Å². The molecule has 3 nitrogen and oxygen atoms in total. The van der Waals surface area contributed by atoms with E-state index >= 15 is 0 Å². The van der Waals surface area contributed by atoms with Crippen molar-refractivity contribution in [2.75, 3.05) is 0 Å². The maximum Gasteiger partial charge on any atom is 0.241 e. The third-order valence-corrected chi connectivity index (χ3v) is 1.84. The van der Waals surface area contributed by atoms with E-state index in [0.29, 0.717) is 0 Å². The van der Waals surface area contributed by atoms with Crippen molar-refractivity contribution < 1.29 is 4.79 Å². The van der Waals surface area contributed by atoms with E-state index in [2.05, 4.69) is 4.98 Å².